The third-order valence-corrected chi connectivity index (χ3v) is 13.2. The van der Waals surface area contributed by atoms with Crippen LogP contribution in [0.3, 0.4) is 0 Å². The van der Waals surface area contributed by atoms with E-state index in [1.807, 2.05) is 0 Å². The fourth-order valence-corrected chi connectivity index (χ4v) is 10.3. The summed E-state index contributed by atoms with van der Waals surface area (Å²) >= 11 is 0. The van der Waals surface area contributed by atoms with Crippen LogP contribution in [0.15, 0.2) is 87.5 Å². The molecule has 3 aromatic rings. The van der Waals surface area contributed by atoms with Gasteiger partial charge in [-0.15, -0.1) is 0 Å². The Morgan fingerprint density at radius 1 is 0.349 bits per heavy atom. The maximum Gasteiger partial charge on any atom is 0.460 e. The second-order valence-corrected chi connectivity index (χ2v) is 21.1. The van der Waals surface area contributed by atoms with Gasteiger partial charge in [0.25, 0.3) is 0 Å². The van der Waals surface area contributed by atoms with Gasteiger partial charge in [-0.05, 0) is 145 Å². The Morgan fingerprint density at radius 2 is 0.571 bits per heavy atom. The van der Waals surface area contributed by atoms with E-state index in [4.69, 9.17) is 17.8 Å². The monoisotopic (exact) mass is 978 g/mol. The van der Waals surface area contributed by atoms with Crippen molar-refractivity contribution in [2.45, 2.75) is 141 Å². The van der Waals surface area contributed by atoms with Crippen LogP contribution in [0.2, 0.25) is 0 Å². The van der Waals surface area contributed by atoms with E-state index < -0.39 is 98.9 Å². The summed E-state index contributed by atoms with van der Waals surface area (Å²) in [7, 11) is -12.9. The van der Waals surface area contributed by atoms with E-state index in [0.717, 1.165) is 72.8 Å². The highest BCUT2D eigenvalue weighted by Crippen LogP contribution is 2.72. The van der Waals surface area contributed by atoms with Crippen LogP contribution in [0.5, 0.6) is 17.2 Å². The maximum atomic E-state index is 15.9. The molecule has 0 radical (unpaired) electrons. The molecule has 6 nitrogen and oxygen atoms in total. The SMILES string of the molecule is CC(C)(C)Oc1ccc(S(OS(=O)(=O)C(F)(F)C(F)(F)C(F)(F)C(F)(F)C(F)(F)C(F)(F)C(F)(F)C(F)(F)F)(c2ccc(OC(C)(C)C)cc2)c2ccc(OC(C)(C)C)cc2)cc1. The molecule has 358 valence electrons. The molecule has 0 spiro atoms. The van der Waals surface area contributed by atoms with E-state index in [-0.39, 0.29) is 17.2 Å². The van der Waals surface area contributed by atoms with Crippen molar-refractivity contribution in [3.8, 4) is 17.2 Å². The zero-order chi connectivity index (χ0) is 49.3. The van der Waals surface area contributed by atoms with Crippen LogP contribution in [0.25, 0.3) is 0 Å². The molecule has 63 heavy (non-hydrogen) atoms. The summed E-state index contributed by atoms with van der Waals surface area (Å²) in [5, 5.41) is -7.97. The molecule has 0 aliphatic carbocycles. The molecule has 0 aliphatic heterocycles. The first-order chi connectivity index (χ1) is 27.8. The average molecular weight is 979 g/mol. The maximum absolute atomic E-state index is 15.9. The Morgan fingerprint density at radius 3 is 0.794 bits per heavy atom. The molecule has 3 aromatic carbocycles. The summed E-state index contributed by atoms with van der Waals surface area (Å²) in [6.07, 6.45) is -7.97. The van der Waals surface area contributed by atoms with Crippen LogP contribution in [0.1, 0.15) is 62.3 Å². The Hall–Kier alpha value is -3.87. The zero-order valence-corrected chi connectivity index (χ0v) is 35.8. The molecule has 0 unspecified atom stereocenters. The topological polar surface area (TPSA) is 71.1 Å². The lowest BCUT2D eigenvalue weighted by molar-refractivity contribution is -0.458. The van der Waals surface area contributed by atoms with Gasteiger partial charge in [-0.3, -0.25) is 0 Å². The minimum Gasteiger partial charge on any atom is -0.488 e. The molecule has 0 saturated heterocycles. The molecule has 0 N–H and O–H groups in total. The number of ether oxygens (including phenoxy) is 3. The normalized spacial score (nSPS) is 15.3. The molecule has 0 atom stereocenters. The quantitative estimate of drug-likeness (QED) is 0.141. The second kappa shape index (κ2) is 16.2. The Labute approximate surface area is 351 Å². The van der Waals surface area contributed by atoms with Crippen LogP contribution in [-0.2, 0) is 13.7 Å². The van der Waals surface area contributed by atoms with Gasteiger partial charge < -0.3 is 14.2 Å². The minimum absolute atomic E-state index is 0.0298. The fourth-order valence-electron chi connectivity index (χ4n) is 5.17. The van der Waals surface area contributed by atoms with Crippen molar-refractivity contribution < 1.29 is 101 Å². The summed E-state index contributed by atoms with van der Waals surface area (Å²) in [5.41, 5.74) is -2.83. The van der Waals surface area contributed by atoms with Crippen LogP contribution in [-0.4, -0.2) is 72.2 Å². The van der Waals surface area contributed by atoms with E-state index in [0.29, 0.717) is 0 Å². The third-order valence-electron chi connectivity index (χ3n) is 7.94. The predicted octanol–water partition coefficient (Wildman–Crippen LogP) is 13.7. The van der Waals surface area contributed by atoms with Crippen molar-refractivity contribution in [2.75, 3.05) is 0 Å². The first-order valence-corrected chi connectivity index (χ1v) is 20.6. The van der Waals surface area contributed by atoms with Gasteiger partial charge in [0.05, 0.1) is 0 Å². The zero-order valence-electron chi connectivity index (χ0n) is 34.1. The van der Waals surface area contributed by atoms with Gasteiger partial charge in [0.1, 0.15) is 34.1 Å². The van der Waals surface area contributed by atoms with Crippen molar-refractivity contribution in [3.05, 3.63) is 72.8 Å². The number of benzene rings is 3. The van der Waals surface area contributed by atoms with E-state index in [1.54, 1.807) is 62.3 Å². The van der Waals surface area contributed by atoms with Gasteiger partial charge in [-0.2, -0.15) is 83.1 Å². The number of hydrogen-bond acceptors (Lipinski definition) is 6. The van der Waals surface area contributed by atoms with Crippen molar-refractivity contribution >= 4 is 20.4 Å². The largest absolute Gasteiger partial charge is 0.488 e. The summed E-state index contributed by atoms with van der Waals surface area (Å²) < 4.78 is 292. The number of alkyl halides is 17. The van der Waals surface area contributed by atoms with Crippen LogP contribution >= 0.6 is 10.3 Å². The molecule has 0 aliphatic rings. The van der Waals surface area contributed by atoms with Gasteiger partial charge in [-0.1, -0.05) is 0 Å². The molecule has 25 heteroatoms. The van der Waals surface area contributed by atoms with Crippen molar-refractivity contribution in [1.82, 2.24) is 0 Å². The standard InChI is InChI=1S/C38H39F17O6S2/c1-28(2,3)58-22-10-16-25(17-11-22)62(26-18-12-23(13-19-26)59-29(4,5)6,27-20-14-24(15-21-27)60-30(7,8)9)61-63(56,57)38(54,55)36(49,50)34(45,46)32(41,42)31(39,40)33(43,44)35(47,48)37(51,52)53/h10-21H,1-9H3. The van der Waals surface area contributed by atoms with Gasteiger partial charge >= 0.3 is 57.1 Å². The lowest BCUT2D eigenvalue weighted by atomic mass is 9.91. The Kier molecular flexibility index (Phi) is 13.8. The van der Waals surface area contributed by atoms with Gasteiger partial charge in [0.2, 0.25) is 0 Å². The molecule has 3 rings (SSSR count). The predicted molar refractivity (Wildman–Crippen MR) is 194 cm³/mol. The van der Waals surface area contributed by atoms with Crippen molar-refractivity contribution in [3.63, 3.8) is 0 Å². The Bertz CT molecular complexity index is 2030. The van der Waals surface area contributed by atoms with Crippen LogP contribution < -0.4 is 14.2 Å². The fraction of sp³-hybridized carbons (Fsp3) is 0.526. The second-order valence-electron chi connectivity index (χ2n) is 16.6. The average Bonchev–Trinajstić information content (AvgIpc) is 3.08. The van der Waals surface area contributed by atoms with E-state index in [9.17, 15) is 65.5 Å². The molecule has 0 saturated carbocycles. The van der Waals surface area contributed by atoms with E-state index in [1.165, 1.54) is 0 Å². The lowest BCUT2D eigenvalue weighted by Crippen LogP contribution is -2.75. The highest BCUT2D eigenvalue weighted by molar-refractivity contribution is 8.33. The summed E-state index contributed by atoms with van der Waals surface area (Å²) in [4.78, 5) is -1.84. The number of rotatable bonds is 15. The highest BCUT2D eigenvalue weighted by Gasteiger charge is 2.96. The molecule has 0 fully saturated rings. The van der Waals surface area contributed by atoms with Gasteiger partial charge in [0, 0.05) is 14.7 Å². The first-order valence-electron chi connectivity index (χ1n) is 17.6. The molecule has 0 aromatic heterocycles. The number of hydrogen-bond donors (Lipinski definition) is 0. The van der Waals surface area contributed by atoms with Crippen LogP contribution in [0, 0.1) is 0 Å². The number of halogens is 17. The summed E-state index contributed by atoms with van der Waals surface area (Å²) in [5.74, 6) is -52.8. The lowest BCUT2D eigenvalue weighted by Gasteiger charge is -2.44. The third kappa shape index (κ3) is 9.74. The van der Waals surface area contributed by atoms with Crippen molar-refractivity contribution in [1.29, 1.82) is 0 Å². The summed E-state index contributed by atoms with van der Waals surface area (Å²) in [6.45, 7) is 14.1. The van der Waals surface area contributed by atoms with Crippen molar-refractivity contribution in [2.24, 2.45) is 0 Å². The molecule has 0 amide bonds. The minimum atomic E-state index is -9.03. The molecule has 0 heterocycles. The summed E-state index contributed by atoms with van der Waals surface area (Å²) in [6, 6.07) is 11.8. The first kappa shape index (κ1) is 53.5. The van der Waals surface area contributed by atoms with E-state index in [2.05, 4.69) is 0 Å². The van der Waals surface area contributed by atoms with Gasteiger partial charge in [0.15, 0.2) is 0 Å². The molecule has 0 bridgehead atoms. The van der Waals surface area contributed by atoms with Crippen LogP contribution in [0.4, 0.5) is 74.6 Å². The van der Waals surface area contributed by atoms with Gasteiger partial charge in [-0.25, -0.2) is 3.63 Å². The smallest absolute Gasteiger partial charge is 0.460 e. The molecular weight excluding hydrogens is 940 g/mol. The highest BCUT2D eigenvalue weighted by atomic mass is 32.3. The molecular formula is C38H39F17O6S2. The van der Waals surface area contributed by atoms with E-state index >= 15 is 17.6 Å². The Balaban J connectivity index is 2.45.